The first-order valence-electron chi connectivity index (χ1n) is 8.45. The quantitative estimate of drug-likeness (QED) is 0.862. The molecule has 4 heteroatoms. The largest absolute Gasteiger partial charge is 0.497 e. The van der Waals surface area contributed by atoms with Crippen molar-refractivity contribution in [1.29, 1.82) is 0 Å². The van der Waals surface area contributed by atoms with Crippen LogP contribution >= 0.6 is 0 Å². The molecule has 0 heterocycles. The Hall–Kier alpha value is -1.65. The zero-order valence-corrected chi connectivity index (χ0v) is 15.2. The van der Waals surface area contributed by atoms with E-state index in [0.29, 0.717) is 0 Å². The fraction of sp³-hybridized carbons (Fsp3) is 0.400. The summed E-state index contributed by atoms with van der Waals surface area (Å²) in [6.45, 7) is 0.822. The van der Waals surface area contributed by atoms with E-state index in [4.69, 9.17) is 4.74 Å². The first-order chi connectivity index (χ1) is 11.6. The fourth-order valence-corrected chi connectivity index (χ4v) is 4.05. The average Bonchev–Trinajstić information content (AvgIpc) is 3.10. The molecule has 3 rings (SSSR count). The normalized spacial score (nSPS) is 17.6. The van der Waals surface area contributed by atoms with Crippen molar-refractivity contribution in [3.8, 4) is 5.75 Å². The molecule has 1 fully saturated rings. The summed E-state index contributed by atoms with van der Waals surface area (Å²) < 4.78 is 16.8. The van der Waals surface area contributed by atoms with Crippen LogP contribution in [0.2, 0.25) is 0 Å². The molecule has 2 aromatic carbocycles. The minimum atomic E-state index is -0.917. The molecule has 0 amide bonds. The highest BCUT2D eigenvalue weighted by Gasteiger charge is 2.34. The van der Waals surface area contributed by atoms with Crippen molar-refractivity contribution >= 4 is 10.8 Å². The highest BCUT2D eigenvalue weighted by molar-refractivity contribution is 7.84. The maximum absolute atomic E-state index is 11.5. The van der Waals surface area contributed by atoms with Crippen molar-refractivity contribution in [3.63, 3.8) is 0 Å². The lowest BCUT2D eigenvalue weighted by Gasteiger charge is -2.31. The van der Waals surface area contributed by atoms with Gasteiger partial charge in [-0.25, -0.2) is 0 Å². The summed E-state index contributed by atoms with van der Waals surface area (Å²) in [7, 11) is 0.783. The number of ether oxygens (including phenoxy) is 1. The van der Waals surface area contributed by atoms with Crippen molar-refractivity contribution in [2.75, 3.05) is 13.4 Å². The van der Waals surface area contributed by atoms with Gasteiger partial charge in [0.05, 0.1) is 7.11 Å². The molecule has 1 aliphatic carbocycles. The van der Waals surface area contributed by atoms with Gasteiger partial charge in [0, 0.05) is 34.0 Å². The van der Waals surface area contributed by atoms with Gasteiger partial charge in [-0.15, -0.1) is 0 Å². The Bertz CT molecular complexity index is 689. The topological polar surface area (TPSA) is 38.3 Å². The Kier molecular flexibility index (Phi) is 5.36. The summed E-state index contributed by atoms with van der Waals surface area (Å²) in [6, 6.07) is 16.5. The van der Waals surface area contributed by atoms with Gasteiger partial charge in [-0.2, -0.15) is 0 Å². The van der Waals surface area contributed by atoms with Crippen LogP contribution in [0, 0.1) is 0 Å². The number of methoxy groups -OCH3 is 1. The van der Waals surface area contributed by atoms with Gasteiger partial charge >= 0.3 is 0 Å². The fourth-order valence-electron chi connectivity index (χ4n) is 3.53. The van der Waals surface area contributed by atoms with Crippen molar-refractivity contribution in [2.45, 2.75) is 42.7 Å². The van der Waals surface area contributed by atoms with E-state index >= 15 is 0 Å². The van der Waals surface area contributed by atoms with Gasteiger partial charge in [0.2, 0.25) is 0 Å². The molecule has 0 bridgehead atoms. The van der Waals surface area contributed by atoms with Crippen LogP contribution in [0.15, 0.2) is 53.4 Å². The third-order valence-corrected chi connectivity index (χ3v) is 5.92. The molecule has 0 radical (unpaired) electrons. The molecule has 1 saturated carbocycles. The van der Waals surface area contributed by atoms with Gasteiger partial charge in [0.1, 0.15) is 5.75 Å². The lowest BCUT2D eigenvalue weighted by atomic mass is 9.88. The maximum Gasteiger partial charge on any atom is 0.118 e. The minimum Gasteiger partial charge on any atom is -0.497 e. The summed E-state index contributed by atoms with van der Waals surface area (Å²) in [6.07, 6.45) is 6.55. The molecule has 2 aromatic rings. The number of rotatable bonds is 6. The van der Waals surface area contributed by atoms with Gasteiger partial charge < -0.3 is 10.1 Å². The lowest BCUT2D eigenvalue weighted by molar-refractivity contribution is 0.338. The summed E-state index contributed by atoms with van der Waals surface area (Å²) in [5.74, 6) is 0.898. The van der Waals surface area contributed by atoms with Crippen LogP contribution in [0.1, 0.15) is 36.8 Å². The van der Waals surface area contributed by atoms with Crippen LogP contribution in [0.5, 0.6) is 5.75 Å². The second-order valence-electron chi connectivity index (χ2n) is 6.47. The molecular weight excluding hydrogens is 318 g/mol. The Labute approximate surface area is 146 Å². The molecule has 1 N–H and O–H groups in total. The number of benzene rings is 2. The Morgan fingerprint density at radius 3 is 2.21 bits per heavy atom. The summed E-state index contributed by atoms with van der Waals surface area (Å²) in [5.41, 5.74) is 2.62. The molecule has 3 nitrogen and oxygen atoms in total. The summed E-state index contributed by atoms with van der Waals surface area (Å²) >= 11 is 0. The number of hydrogen-bond acceptors (Lipinski definition) is 3. The van der Waals surface area contributed by atoms with Crippen molar-refractivity contribution in [2.24, 2.45) is 0 Å². The summed E-state index contributed by atoms with van der Waals surface area (Å²) in [5, 5.41) is 3.80. The monoisotopic (exact) mass is 343 g/mol. The Morgan fingerprint density at radius 2 is 1.67 bits per heavy atom. The van der Waals surface area contributed by atoms with E-state index in [1.54, 1.807) is 13.4 Å². The molecule has 1 aliphatic rings. The van der Waals surface area contributed by atoms with E-state index in [9.17, 15) is 4.21 Å². The highest BCUT2D eigenvalue weighted by Crippen LogP contribution is 2.39. The predicted molar refractivity (Wildman–Crippen MR) is 98.8 cm³/mol. The van der Waals surface area contributed by atoms with Gasteiger partial charge in [0.15, 0.2) is 0 Å². The maximum atomic E-state index is 11.5. The minimum absolute atomic E-state index is 0.0541. The SMILES string of the molecule is COc1ccc(C2(NCc3ccc(S(C)=O)cc3)CCCC2)cc1. The molecule has 1 unspecified atom stereocenters. The van der Waals surface area contributed by atoms with E-state index in [1.807, 2.05) is 24.3 Å². The molecule has 0 aromatic heterocycles. The molecular formula is C20H25NO2S. The first-order valence-corrected chi connectivity index (χ1v) is 10.0. The zero-order valence-electron chi connectivity index (χ0n) is 14.4. The third kappa shape index (κ3) is 3.70. The smallest absolute Gasteiger partial charge is 0.118 e. The van der Waals surface area contributed by atoms with E-state index in [-0.39, 0.29) is 5.54 Å². The van der Waals surface area contributed by atoms with Crippen LogP contribution in [0.3, 0.4) is 0 Å². The van der Waals surface area contributed by atoms with Crippen LogP contribution in [0.25, 0.3) is 0 Å². The van der Waals surface area contributed by atoms with Gasteiger partial charge in [-0.1, -0.05) is 37.1 Å². The van der Waals surface area contributed by atoms with Crippen LogP contribution in [-0.2, 0) is 22.9 Å². The highest BCUT2D eigenvalue weighted by atomic mass is 32.2. The summed E-state index contributed by atoms with van der Waals surface area (Å²) in [4.78, 5) is 0.879. The van der Waals surface area contributed by atoms with Gasteiger partial charge in [0.25, 0.3) is 0 Å². The number of hydrogen-bond donors (Lipinski definition) is 1. The predicted octanol–water partition coefficient (Wildman–Crippen LogP) is 3.99. The third-order valence-electron chi connectivity index (χ3n) is 4.99. The standard InChI is InChI=1S/C20H25NO2S/c1-23-18-9-7-17(8-10-18)20(13-3-4-14-20)21-15-16-5-11-19(12-6-16)24(2)22/h5-12,21H,3-4,13-15H2,1-2H3. The Morgan fingerprint density at radius 1 is 1.04 bits per heavy atom. The number of nitrogens with one attached hydrogen (secondary N) is 1. The average molecular weight is 343 g/mol. The van der Waals surface area contributed by atoms with Crippen LogP contribution in [0.4, 0.5) is 0 Å². The van der Waals surface area contributed by atoms with Crippen molar-refractivity contribution in [1.82, 2.24) is 5.32 Å². The van der Waals surface area contributed by atoms with Crippen molar-refractivity contribution < 1.29 is 8.95 Å². The molecule has 0 saturated heterocycles. The van der Waals surface area contributed by atoms with E-state index < -0.39 is 10.8 Å². The van der Waals surface area contributed by atoms with E-state index in [1.165, 1.54) is 24.0 Å². The molecule has 0 spiro atoms. The molecule has 1 atom stereocenters. The second-order valence-corrected chi connectivity index (χ2v) is 7.85. The Balaban J connectivity index is 1.74. The zero-order chi connectivity index (χ0) is 17.0. The van der Waals surface area contributed by atoms with E-state index in [0.717, 1.165) is 30.0 Å². The van der Waals surface area contributed by atoms with E-state index in [2.05, 4.69) is 29.6 Å². The van der Waals surface area contributed by atoms with Crippen LogP contribution < -0.4 is 10.1 Å². The second kappa shape index (κ2) is 7.49. The van der Waals surface area contributed by atoms with Gasteiger partial charge in [-0.05, 0) is 48.2 Å². The van der Waals surface area contributed by atoms with Crippen LogP contribution in [-0.4, -0.2) is 17.6 Å². The first kappa shape index (κ1) is 17.2. The molecule has 0 aliphatic heterocycles. The molecule has 128 valence electrons. The van der Waals surface area contributed by atoms with Gasteiger partial charge in [-0.3, -0.25) is 4.21 Å². The molecule has 24 heavy (non-hydrogen) atoms. The van der Waals surface area contributed by atoms with Crippen molar-refractivity contribution in [3.05, 3.63) is 59.7 Å². The lowest BCUT2D eigenvalue weighted by Crippen LogP contribution is -2.39.